The van der Waals surface area contributed by atoms with Gasteiger partial charge in [-0.3, -0.25) is 24.0 Å². The second-order valence-corrected chi connectivity index (χ2v) is 42.6. The Morgan fingerprint density at radius 3 is 1.43 bits per heavy atom. The number of sulfonamides is 3. The SMILES string of the molecule is CC1CN(c2ncccc2C(=O)NS(=O)(=O)c2cccc(OC3CC=CC3)n2)C(C)(C)C1.CC1CN(c2ncccc2C(=O)NS(=O)(=O)c2cccc(Oc3ccc(N)cc3)n2)C(C)(C)C1.CC1CN(c2ncccc2C(=O)Nc2cccc(Nc3ccc(F)c(C#N)c3)n2)C(C)(C)C1.C[C@@H]1CN(c2nc(C3CCC(C(F)(F)F)CC3)ccc2C(=O)NS(=O)(=O)c2ccc[nH]c2=O)C(C)(C)C1. The predicted molar refractivity (Wildman–Crippen MR) is 508 cm³/mol. The highest BCUT2D eigenvalue weighted by Gasteiger charge is 2.46. The van der Waals surface area contributed by atoms with E-state index in [0.717, 1.165) is 64.2 Å². The molecular formula is C97H111F4N19O13S3. The molecular weight excluding hydrogens is 1810 g/mol. The summed E-state index contributed by atoms with van der Waals surface area (Å²) in [5.74, 6) is 0.227. The number of halogens is 4. The number of pyridine rings is 8. The molecule has 4 atom stereocenters. The number of carbonyl (C=O) groups excluding carboxylic acids is 4. The van der Waals surface area contributed by atoms with Crippen molar-refractivity contribution in [3.63, 3.8) is 0 Å². The van der Waals surface area contributed by atoms with Gasteiger partial charge in [0.25, 0.3) is 59.3 Å². The minimum Gasteiger partial charge on any atom is -0.474 e. The van der Waals surface area contributed by atoms with Crippen molar-refractivity contribution in [2.24, 2.45) is 29.6 Å². The van der Waals surface area contributed by atoms with E-state index in [-0.39, 0.29) is 103 Å². The lowest BCUT2D eigenvalue weighted by molar-refractivity contribution is -0.182. The minimum atomic E-state index is -4.46. The zero-order chi connectivity index (χ0) is 98.2. The highest BCUT2D eigenvalue weighted by molar-refractivity contribution is 7.90. The zero-order valence-electron chi connectivity index (χ0n) is 77.4. The van der Waals surface area contributed by atoms with Crippen molar-refractivity contribution in [1.82, 2.24) is 54.0 Å². The summed E-state index contributed by atoms with van der Waals surface area (Å²) in [5, 5.41) is 14.3. The molecule has 10 aromatic rings. The van der Waals surface area contributed by atoms with Crippen molar-refractivity contribution in [2.75, 3.05) is 62.1 Å². The Morgan fingerprint density at radius 1 is 0.507 bits per heavy atom. The summed E-state index contributed by atoms with van der Waals surface area (Å²) >= 11 is 0. The first-order valence-corrected chi connectivity index (χ1v) is 49.1. The molecule has 0 radical (unpaired) electrons. The Balaban J connectivity index is 0.000000154. The van der Waals surface area contributed by atoms with Crippen LogP contribution in [0.4, 0.5) is 63.8 Å². The van der Waals surface area contributed by atoms with Crippen LogP contribution in [-0.2, 0) is 30.1 Å². The number of rotatable bonds is 22. The van der Waals surface area contributed by atoms with E-state index < -0.39 is 76.2 Å². The van der Waals surface area contributed by atoms with Gasteiger partial charge in [0.05, 0.1) is 33.7 Å². The number of carbonyl (C=O) groups is 4. The lowest BCUT2D eigenvalue weighted by atomic mass is 9.80. The molecule has 32 nitrogen and oxygen atoms in total. The predicted octanol–water partition coefficient (Wildman–Crippen LogP) is 16.4. The summed E-state index contributed by atoms with van der Waals surface area (Å²) < 4.78 is 148. The van der Waals surface area contributed by atoms with Crippen LogP contribution in [0.25, 0.3) is 0 Å². The molecule has 718 valence electrons. The number of alkyl halides is 3. The molecule has 4 saturated heterocycles. The largest absolute Gasteiger partial charge is 0.474 e. The van der Waals surface area contributed by atoms with Crippen LogP contribution < -0.4 is 65.2 Å². The maximum absolute atomic E-state index is 13.6. The maximum Gasteiger partial charge on any atom is 0.391 e. The fourth-order valence-corrected chi connectivity index (χ4v) is 21.5. The van der Waals surface area contributed by atoms with Crippen molar-refractivity contribution < 1.29 is 71.5 Å². The highest BCUT2D eigenvalue weighted by atomic mass is 32.2. The fraction of sp³-hybridized carbons (Fsp3) is 0.392. The summed E-state index contributed by atoms with van der Waals surface area (Å²) in [5.41, 5.74) is 6.44. The number of nitrogens with one attached hydrogen (secondary N) is 6. The van der Waals surface area contributed by atoms with Gasteiger partial charge in [0.15, 0.2) is 14.9 Å². The molecule has 39 heteroatoms. The van der Waals surface area contributed by atoms with E-state index >= 15 is 0 Å². The molecule has 1 saturated carbocycles. The Labute approximate surface area is 788 Å². The molecule has 8 aromatic heterocycles. The summed E-state index contributed by atoms with van der Waals surface area (Å²) in [6, 6.07) is 41.9. The highest BCUT2D eigenvalue weighted by Crippen LogP contribution is 2.46. The smallest absolute Gasteiger partial charge is 0.391 e. The molecule has 12 heterocycles. The van der Waals surface area contributed by atoms with E-state index in [0.29, 0.717) is 100 Å². The van der Waals surface area contributed by atoms with Crippen LogP contribution in [0.3, 0.4) is 0 Å². The van der Waals surface area contributed by atoms with Gasteiger partial charge in [-0.2, -0.15) is 45.2 Å². The molecule has 136 heavy (non-hydrogen) atoms. The van der Waals surface area contributed by atoms with Crippen molar-refractivity contribution >= 4 is 100.0 Å². The molecule has 4 amide bonds. The first kappa shape index (κ1) is 100.0. The topological polar surface area (TPSA) is 435 Å². The van der Waals surface area contributed by atoms with Gasteiger partial charge in [-0.05, 0) is 258 Å². The number of ether oxygens (including phenoxy) is 2. The number of nitrogen functional groups attached to an aromatic ring is 1. The van der Waals surface area contributed by atoms with Gasteiger partial charge in [-0.15, -0.1) is 0 Å². The first-order chi connectivity index (χ1) is 64.2. The summed E-state index contributed by atoms with van der Waals surface area (Å²) in [7, 11) is -12.9. The van der Waals surface area contributed by atoms with Gasteiger partial charge < -0.3 is 50.4 Å². The summed E-state index contributed by atoms with van der Waals surface area (Å²) in [4.78, 5) is 105. The molecule has 3 unspecified atom stereocenters. The second-order valence-electron chi connectivity index (χ2n) is 37.7. The van der Waals surface area contributed by atoms with Gasteiger partial charge in [-0.25, -0.2) is 51.9 Å². The summed E-state index contributed by atoms with van der Waals surface area (Å²) in [6.45, 7) is 28.1. The Hall–Kier alpha value is -13.5. The molecule has 0 spiro atoms. The average molecular weight is 1920 g/mol. The van der Waals surface area contributed by atoms with Gasteiger partial charge in [0.2, 0.25) is 11.8 Å². The van der Waals surface area contributed by atoms with Gasteiger partial charge >= 0.3 is 6.18 Å². The third-order valence-corrected chi connectivity index (χ3v) is 28.4. The Kier molecular flexibility index (Phi) is 30.1. The van der Waals surface area contributed by atoms with Crippen LogP contribution in [0.2, 0.25) is 0 Å². The number of nitrogens with zero attached hydrogens (tertiary/aromatic N) is 12. The molecule has 16 rings (SSSR count). The van der Waals surface area contributed by atoms with Crippen molar-refractivity contribution in [3.8, 4) is 23.6 Å². The van der Waals surface area contributed by atoms with E-state index in [1.54, 1.807) is 116 Å². The standard InChI is InChI=1S/C25H31F3N4O4S.C25H25FN6O.C24H27N5O4S.C23H28N4O4S/c1-15-13-24(2,3)32(14-15)21-18(22(33)31-37(35,36)20-5-4-12-29-23(20)34)10-11-19(30-21)16-6-8-17(9-7-16)25(26,27)28;1-16-13-25(2,3)32(15-16)23-19(6-5-11-28-23)24(33)31-22-8-4-7-21(30-22)29-18-9-10-20(26)17(12-18)14-27;1-16-14-24(2,3)29(15-16)22-19(6-5-13-26-22)23(30)28-34(31,32)21-8-4-7-20(27-21)33-18-11-9-17(25)10-12-18;1-16-14-23(2,3)27(15-16)21-18(10-7-13-24-21)22(28)26-32(29,30)20-12-6-11-19(25-20)31-17-8-4-5-9-17/h4-5,10-12,15-17H,6-9,13-14H2,1-3H3,(H,29,34)(H,31,33);4-12,16H,13,15H2,1-3H3,(H2,29,30,31,33);4-13,16H,14-15,25H2,1-3H3,(H,28,30);4-7,10-13,16-17H,8-9,14-15H2,1-3H3,(H,26,28)/t15-,16?,17?;;;/m0.../s1. The van der Waals surface area contributed by atoms with Crippen LogP contribution in [0.1, 0.15) is 206 Å². The van der Waals surface area contributed by atoms with Crippen LogP contribution in [0, 0.1) is 46.7 Å². The lowest BCUT2D eigenvalue weighted by Gasteiger charge is -2.35. The molecule has 5 fully saturated rings. The second kappa shape index (κ2) is 41.0. The lowest BCUT2D eigenvalue weighted by Crippen LogP contribution is -2.41. The number of benzene rings is 2. The summed E-state index contributed by atoms with van der Waals surface area (Å²) in [6.07, 6.45) is 11.9. The van der Waals surface area contributed by atoms with Gasteiger partial charge in [-0.1, -0.05) is 58.0 Å². The number of nitriles is 1. The molecule has 4 aliphatic heterocycles. The first-order valence-electron chi connectivity index (χ1n) is 44.6. The molecule has 2 aliphatic carbocycles. The molecule has 6 aliphatic rings. The fourth-order valence-electron chi connectivity index (χ4n) is 18.6. The van der Waals surface area contributed by atoms with Gasteiger partial charge in [0.1, 0.15) is 58.6 Å². The Bertz CT molecular complexity index is 6590. The average Bonchev–Trinajstić information content (AvgIpc) is 1.25. The monoisotopic (exact) mass is 1920 g/mol. The van der Waals surface area contributed by atoms with Crippen molar-refractivity contribution in [2.45, 2.75) is 203 Å². The van der Waals surface area contributed by atoms with Crippen molar-refractivity contribution in [1.29, 1.82) is 5.26 Å². The number of hydrogen-bond acceptors (Lipinski definition) is 27. The Morgan fingerprint density at radius 2 is 0.956 bits per heavy atom. The maximum atomic E-state index is 13.6. The number of H-pyrrole nitrogens is 1. The van der Waals surface area contributed by atoms with Crippen LogP contribution in [-0.4, -0.2) is 149 Å². The van der Waals surface area contributed by atoms with Crippen LogP contribution in [0.15, 0.2) is 214 Å². The number of aromatic amines is 1. The minimum absolute atomic E-state index is 0.0174. The van der Waals surface area contributed by atoms with E-state index in [1.807, 2.05) is 41.7 Å². The number of hydrogen-bond donors (Lipinski definition) is 7. The number of nitrogens with two attached hydrogens (primary N) is 1. The molecule has 8 N–H and O–H groups in total. The van der Waals surface area contributed by atoms with E-state index in [1.165, 1.54) is 60.8 Å². The van der Waals surface area contributed by atoms with Crippen molar-refractivity contribution in [3.05, 3.63) is 244 Å². The van der Waals surface area contributed by atoms with Gasteiger partial charge in [0, 0.05) is 121 Å². The van der Waals surface area contributed by atoms with Crippen LogP contribution in [0.5, 0.6) is 17.5 Å². The number of amides is 4. The van der Waals surface area contributed by atoms with Crippen LogP contribution >= 0.6 is 0 Å². The normalized spacial score (nSPS) is 19.8. The molecule has 2 aromatic carbocycles. The molecule has 0 bridgehead atoms. The van der Waals surface area contributed by atoms with E-state index in [9.17, 15) is 66.8 Å². The number of aromatic nitrogens is 8. The third kappa shape index (κ3) is 24.2. The number of anilines is 8. The van der Waals surface area contributed by atoms with E-state index in [4.69, 9.17) is 25.5 Å². The zero-order valence-corrected chi connectivity index (χ0v) is 79.9. The van der Waals surface area contributed by atoms with E-state index in [2.05, 4.69) is 139 Å². The quantitative estimate of drug-likeness (QED) is 0.0188. The third-order valence-electron chi connectivity index (χ3n) is 24.6.